The lowest BCUT2D eigenvalue weighted by Crippen LogP contribution is -2.26. The molecule has 11 heavy (non-hydrogen) atoms. The van der Waals surface area contributed by atoms with Gasteiger partial charge in [0.25, 0.3) is 0 Å². The smallest absolute Gasteiger partial charge is 0.220 e. The fourth-order valence-electron chi connectivity index (χ4n) is 0.501. The molecule has 0 aliphatic rings. The fourth-order valence-corrected chi connectivity index (χ4v) is 0.786. The van der Waals surface area contributed by atoms with E-state index in [-0.39, 0.29) is 12.5 Å². The molecule has 5 nitrogen and oxygen atoms in total. The zero-order valence-electron chi connectivity index (χ0n) is 6.20. The number of nitrogens with one attached hydrogen (secondary N) is 1. The van der Waals surface area contributed by atoms with Crippen LogP contribution in [0.15, 0.2) is 0 Å². The van der Waals surface area contributed by atoms with Gasteiger partial charge in [-0.1, -0.05) is 6.92 Å². The highest BCUT2D eigenvalue weighted by Crippen LogP contribution is 1.97. The van der Waals surface area contributed by atoms with Crippen LogP contribution in [0.4, 0.5) is 0 Å². The molecule has 2 atom stereocenters. The summed E-state index contributed by atoms with van der Waals surface area (Å²) in [7, 11) is 0. The second-order valence-corrected chi connectivity index (χ2v) is 2.98. The summed E-state index contributed by atoms with van der Waals surface area (Å²) < 4.78 is 22.0. The second kappa shape index (κ2) is 5.22. The van der Waals surface area contributed by atoms with Gasteiger partial charge in [0.2, 0.25) is 5.91 Å². The molecule has 0 rings (SSSR count). The van der Waals surface area contributed by atoms with Crippen molar-refractivity contribution in [2.24, 2.45) is 11.7 Å². The summed E-state index contributed by atoms with van der Waals surface area (Å²) >= 11 is -2.25. The Kier molecular flexibility index (Phi) is 5.01. The van der Waals surface area contributed by atoms with Crippen LogP contribution >= 0.6 is 0 Å². The number of hydrogen-bond donors (Lipinski definition) is 2. The molecule has 0 aromatic heterocycles. The van der Waals surface area contributed by atoms with Crippen molar-refractivity contribution in [1.82, 2.24) is 4.72 Å². The third-order valence-electron chi connectivity index (χ3n) is 1.28. The summed E-state index contributed by atoms with van der Waals surface area (Å²) in [6.07, 6.45) is 0.434. The van der Waals surface area contributed by atoms with Crippen molar-refractivity contribution >= 4 is 17.2 Å². The molecule has 0 radical (unpaired) electrons. The SMILES string of the molecule is CC(CCNS(=O)[O-])C(N)=O. The van der Waals surface area contributed by atoms with Gasteiger partial charge in [0.05, 0.1) is 0 Å². The largest absolute Gasteiger partial charge is 0.760 e. The molecule has 0 aromatic rings. The van der Waals surface area contributed by atoms with E-state index >= 15 is 0 Å². The predicted octanol–water partition coefficient (Wildman–Crippen LogP) is -1.12. The van der Waals surface area contributed by atoms with E-state index in [4.69, 9.17) is 5.73 Å². The maximum absolute atomic E-state index is 10.4. The van der Waals surface area contributed by atoms with Crippen LogP contribution in [0, 0.1) is 5.92 Å². The van der Waals surface area contributed by atoms with Gasteiger partial charge in [0.1, 0.15) is 0 Å². The average molecular weight is 179 g/mol. The minimum absolute atomic E-state index is 0.250. The summed E-state index contributed by atoms with van der Waals surface area (Å²) in [5, 5.41) is 0. The molecule has 6 heteroatoms. The first-order chi connectivity index (χ1) is 5.04. The number of rotatable bonds is 5. The van der Waals surface area contributed by atoms with E-state index in [9.17, 15) is 13.6 Å². The number of hydrogen-bond acceptors (Lipinski definition) is 3. The highest BCUT2D eigenvalue weighted by Gasteiger charge is 2.06. The molecule has 0 saturated heterocycles. The molecule has 0 bridgehead atoms. The van der Waals surface area contributed by atoms with Crippen molar-refractivity contribution in [3.63, 3.8) is 0 Å². The third-order valence-corrected chi connectivity index (χ3v) is 1.72. The Bertz CT molecular complexity index is 162. The highest BCUT2D eigenvalue weighted by atomic mass is 32.2. The summed E-state index contributed by atoms with van der Waals surface area (Å²) in [6, 6.07) is 0. The van der Waals surface area contributed by atoms with Gasteiger partial charge in [-0.25, -0.2) is 4.72 Å². The number of amides is 1. The minimum atomic E-state index is -2.25. The van der Waals surface area contributed by atoms with Crippen molar-refractivity contribution in [2.75, 3.05) is 6.54 Å². The van der Waals surface area contributed by atoms with Crippen LogP contribution in [0.2, 0.25) is 0 Å². The first-order valence-electron chi connectivity index (χ1n) is 3.16. The summed E-state index contributed by atoms with van der Waals surface area (Å²) in [5.74, 6) is -0.700. The van der Waals surface area contributed by atoms with E-state index < -0.39 is 17.2 Å². The van der Waals surface area contributed by atoms with Crippen molar-refractivity contribution < 1.29 is 13.6 Å². The molecular formula is C5H11N2O3S-. The minimum Gasteiger partial charge on any atom is -0.760 e. The second-order valence-electron chi connectivity index (χ2n) is 2.22. The summed E-state index contributed by atoms with van der Waals surface area (Å²) in [5.41, 5.74) is 4.93. The van der Waals surface area contributed by atoms with Crippen molar-refractivity contribution in [3.8, 4) is 0 Å². The van der Waals surface area contributed by atoms with Crippen molar-refractivity contribution in [1.29, 1.82) is 0 Å². The number of carbonyl (C=O) groups excluding carboxylic acids is 1. The van der Waals surface area contributed by atoms with Crippen LogP contribution in [0.5, 0.6) is 0 Å². The van der Waals surface area contributed by atoms with Gasteiger partial charge in [0, 0.05) is 23.7 Å². The zero-order valence-corrected chi connectivity index (χ0v) is 7.02. The number of nitrogens with two attached hydrogens (primary N) is 1. The molecule has 0 heterocycles. The van der Waals surface area contributed by atoms with Gasteiger partial charge in [-0.2, -0.15) is 0 Å². The molecule has 0 saturated carbocycles. The number of primary amides is 1. The Morgan fingerprint density at radius 3 is 2.73 bits per heavy atom. The lowest BCUT2D eigenvalue weighted by Gasteiger charge is -2.09. The van der Waals surface area contributed by atoms with Crippen molar-refractivity contribution in [3.05, 3.63) is 0 Å². The summed E-state index contributed by atoms with van der Waals surface area (Å²) in [4.78, 5) is 10.4. The Hall–Kier alpha value is -0.460. The molecule has 0 aliphatic heterocycles. The zero-order chi connectivity index (χ0) is 8.85. The highest BCUT2D eigenvalue weighted by molar-refractivity contribution is 7.77. The van der Waals surface area contributed by atoms with E-state index in [2.05, 4.69) is 4.72 Å². The van der Waals surface area contributed by atoms with Crippen LogP contribution in [0.3, 0.4) is 0 Å². The lowest BCUT2D eigenvalue weighted by molar-refractivity contribution is -0.121. The maximum Gasteiger partial charge on any atom is 0.220 e. The molecule has 1 amide bonds. The Labute approximate surface area is 67.8 Å². The van der Waals surface area contributed by atoms with Gasteiger partial charge in [-0.3, -0.25) is 9.00 Å². The molecule has 2 unspecified atom stereocenters. The van der Waals surface area contributed by atoms with Crippen LogP contribution < -0.4 is 10.5 Å². The standard InChI is InChI=1S/C5H12N2O3S/c1-4(5(6)8)2-3-7-11(9)10/h4,7H,2-3H2,1H3,(H2,6,8)(H,9,10)/p-1. The molecule has 0 aromatic carbocycles. The average Bonchev–Trinajstić information content (AvgIpc) is 1.86. The van der Waals surface area contributed by atoms with Crippen LogP contribution in [-0.4, -0.2) is 21.2 Å². The third kappa shape index (κ3) is 5.96. The first-order valence-corrected chi connectivity index (χ1v) is 4.23. The van der Waals surface area contributed by atoms with Crippen LogP contribution in [-0.2, 0) is 16.1 Å². The molecular weight excluding hydrogens is 168 g/mol. The van der Waals surface area contributed by atoms with E-state index in [1.54, 1.807) is 6.92 Å². The van der Waals surface area contributed by atoms with E-state index in [1.165, 1.54) is 0 Å². The lowest BCUT2D eigenvalue weighted by atomic mass is 10.1. The van der Waals surface area contributed by atoms with E-state index in [0.29, 0.717) is 6.42 Å². The fraction of sp³-hybridized carbons (Fsp3) is 0.800. The first kappa shape index (κ1) is 10.5. The van der Waals surface area contributed by atoms with E-state index in [0.717, 1.165) is 0 Å². The van der Waals surface area contributed by atoms with Gasteiger partial charge in [0.15, 0.2) is 0 Å². The predicted molar refractivity (Wildman–Crippen MR) is 39.9 cm³/mol. The van der Waals surface area contributed by atoms with Gasteiger partial charge < -0.3 is 10.3 Å². The van der Waals surface area contributed by atoms with E-state index in [1.807, 2.05) is 0 Å². The Morgan fingerprint density at radius 1 is 1.82 bits per heavy atom. The van der Waals surface area contributed by atoms with Gasteiger partial charge in [-0.15, -0.1) is 0 Å². The topological polar surface area (TPSA) is 95.2 Å². The molecule has 0 spiro atoms. The summed E-state index contributed by atoms with van der Waals surface area (Å²) in [6.45, 7) is 1.90. The van der Waals surface area contributed by atoms with Gasteiger partial charge >= 0.3 is 0 Å². The normalized spacial score (nSPS) is 15.8. The molecule has 0 fully saturated rings. The molecule has 0 aliphatic carbocycles. The Morgan fingerprint density at radius 2 is 2.36 bits per heavy atom. The van der Waals surface area contributed by atoms with Gasteiger partial charge in [-0.05, 0) is 6.42 Å². The Balaban J connectivity index is 3.39. The maximum atomic E-state index is 10.4. The number of carbonyl (C=O) groups is 1. The monoisotopic (exact) mass is 179 g/mol. The van der Waals surface area contributed by atoms with Crippen LogP contribution in [0.1, 0.15) is 13.3 Å². The van der Waals surface area contributed by atoms with Crippen LogP contribution in [0.25, 0.3) is 0 Å². The molecule has 3 N–H and O–H groups in total. The molecule has 66 valence electrons. The quantitative estimate of drug-likeness (QED) is 0.523. The van der Waals surface area contributed by atoms with Crippen molar-refractivity contribution in [2.45, 2.75) is 13.3 Å².